The zero-order valence-corrected chi connectivity index (χ0v) is 13.7. The van der Waals surface area contributed by atoms with Gasteiger partial charge in [0.2, 0.25) is 17.6 Å². The maximum absolute atomic E-state index is 11.4. The minimum absolute atomic E-state index is 0.124. The Morgan fingerprint density at radius 3 is 2.87 bits per heavy atom. The monoisotopic (exact) mass is 334 g/mol. The van der Waals surface area contributed by atoms with Gasteiger partial charge in [-0.15, -0.1) is 0 Å². The number of benzene rings is 1. The van der Waals surface area contributed by atoms with Gasteiger partial charge in [-0.3, -0.25) is 9.69 Å². The lowest BCUT2D eigenvalue weighted by atomic mass is 9.96. The summed E-state index contributed by atoms with van der Waals surface area (Å²) in [5.41, 5.74) is 6.26. The van der Waals surface area contributed by atoms with E-state index in [2.05, 4.69) is 15.0 Å². The van der Waals surface area contributed by atoms with Crippen molar-refractivity contribution in [2.45, 2.75) is 31.7 Å². The normalized spacial score (nSPS) is 20.3. The number of amides is 1. The number of primary amides is 1. The first kappa shape index (κ1) is 16.0. The standard InChI is InChI=1S/C16H19ClN4O2/c1-10(14(18)22)21-8-2-3-12(9-21)16-19-15(20-23-16)11-4-6-13(17)7-5-11/h4-7,10,12H,2-3,8-9H2,1H3,(H2,18,22)/t10-,12-/m1/s1. The molecule has 3 rings (SSSR count). The van der Waals surface area contributed by atoms with Gasteiger partial charge in [-0.05, 0) is 50.6 Å². The molecule has 1 fully saturated rings. The first-order chi connectivity index (χ1) is 11.0. The third kappa shape index (κ3) is 3.54. The van der Waals surface area contributed by atoms with Crippen LogP contribution in [0.2, 0.25) is 5.02 Å². The molecule has 1 aromatic carbocycles. The molecule has 2 N–H and O–H groups in total. The molecule has 1 aromatic heterocycles. The molecule has 2 heterocycles. The minimum Gasteiger partial charge on any atom is -0.368 e. The topological polar surface area (TPSA) is 85.3 Å². The van der Waals surface area contributed by atoms with E-state index in [1.54, 1.807) is 12.1 Å². The fourth-order valence-electron chi connectivity index (χ4n) is 2.86. The molecule has 23 heavy (non-hydrogen) atoms. The number of carbonyl (C=O) groups is 1. The molecule has 1 aliphatic rings. The summed E-state index contributed by atoms with van der Waals surface area (Å²) in [6.45, 7) is 3.39. The predicted octanol–water partition coefficient (Wildman–Crippen LogP) is 2.44. The van der Waals surface area contributed by atoms with Crippen LogP contribution in [0.15, 0.2) is 28.8 Å². The third-order valence-electron chi connectivity index (χ3n) is 4.31. The molecule has 0 saturated carbocycles. The number of nitrogens with two attached hydrogens (primary N) is 1. The Bertz CT molecular complexity index is 686. The van der Waals surface area contributed by atoms with Gasteiger partial charge in [-0.2, -0.15) is 4.98 Å². The van der Waals surface area contributed by atoms with Gasteiger partial charge < -0.3 is 10.3 Å². The first-order valence-corrected chi connectivity index (χ1v) is 8.05. The van der Waals surface area contributed by atoms with Crippen LogP contribution in [0.4, 0.5) is 0 Å². The van der Waals surface area contributed by atoms with E-state index in [1.807, 2.05) is 19.1 Å². The van der Waals surface area contributed by atoms with Crippen LogP contribution in [0.5, 0.6) is 0 Å². The van der Waals surface area contributed by atoms with E-state index in [0.29, 0.717) is 23.3 Å². The van der Waals surface area contributed by atoms with Gasteiger partial charge >= 0.3 is 0 Å². The Balaban J connectivity index is 1.74. The maximum Gasteiger partial charge on any atom is 0.234 e. The molecule has 1 amide bonds. The van der Waals surface area contributed by atoms with E-state index in [4.69, 9.17) is 21.9 Å². The van der Waals surface area contributed by atoms with Crippen molar-refractivity contribution in [1.29, 1.82) is 0 Å². The van der Waals surface area contributed by atoms with Crippen LogP contribution in [0.3, 0.4) is 0 Å². The van der Waals surface area contributed by atoms with Crippen molar-refractivity contribution >= 4 is 17.5 Å². The van der Waals surface area contributed by atoms with Crippen LogP contribution >= 0.6 is 11.6 Å². The second-order valence-electron chi connectivity index (χ2n) is 5.88. The second kappa shape index (κ2) is 6.68. The molecule has 1 aliphatic heterocycles. The van der Waals surface area contributed by atoms with Crippen LogP contribution < -0.4 is 5.73 Å². The predicted molar refractivity (Wildman–Crippen MR) is 86.9 cm³/mol. The molecule has 0 spiro atoms. The van der Waals surface area contributed by atoms with Crippen LogP contribution in [0.25, 0.3) is 11.4 Å². The van der Waals surface area contributed by atoms with Gasteiger partial charge in [-0.1, -0.05) is 16.8 Å². The lowest BCUT2D eigenvalue weighted by Gasteiger charge is -2.33. The summed E-state index contributed by atoms with van der Waals surface area (Å²) >= 11 is 5.89. The summed E-state index contributed by atoms with van der Waals surface area (Å²) < 4.78 is 5.44. The highest BCUT2D eigenvalue weighted by molar-refractivity contribution is 6.30. The molecule has 1 saturated heterocycles. The van der Waals surface area contributed by atoms with Crippen LogP contribution in [-0.4, -0.2) is 40.1 Å². The van der Waals surface area contributed by atoms with Gasteiger partial charge in [0.05, 0.1) is 12.0 Å². The van der Waals surface area contributed by atoms with Gasteiger partial charge in [0.1, 0.15) is 0 Å². The van der Waals surface area contributed by atoms with E-state index in [1.165, 1.54) is 0 Å². The van der Waals surface area contributed by atoms with Gasteiger partial charge in [0, 0.05) is 17.1 Å². The largest absolute Gasteiger partial charge is 0.368 e. The molecule has 0 bridgehead atoms. The fraction of sp³-hybridized carbons (Fsp3) is 0.438. The van der Waals surface area contributed by atoms with E-state index >= 15 is 0 Å². The van der Waals surface area contributed by atoms with Crippen molar-refractivity contribution in [2.24, 2.45) is 5.73 Å². The van der Waals surface area contributed by atoms with Crippen molar-refractivity contribution in [3.05, 3.63) is 35.2 Å². The number of hydrogen-bond donors (Lipinski definition) is 1. The Kier molecular flexibility index (Phi) is 4.63. The van der Waals surface area contributed by atoms with Crippen molar-refractivity contribution in [2.75, 3.05) is 13.1 Å². The number of likely N-dealkylation sites (tertiary alicyclic amines) is 1. The lowest BCUT2D eigenvalue weighted by Crippen LogP contribution is -2.47. The molecule has 7 heteroatoms. The Labute approximate surface area is 139 Å². The summed E-state index contributed by atoms with van der Waals surface area (Å²) in [7, 11) is 0. The molecule has 2 aromatic rings. The molecule has 0 unspecified atom stereocenters. The maximum atomic E-state index is 11.4. The molecule has 0 aliphatic carbocycles. The van der Waals surface area contributed by atoms with Crippen molar-refractivity contribution in [3.8, 4) is 11.4 Å². The number of halogens is 1. The number of carbonyl (C=O) groups excluding carboxylic acids is 1. The smallest absolute Gasteiger partial charge is 0.234 e. The Morgan fingerprint density at radius 1 is 1.43 bits per heavy atom. The molecular formula is C16H19ClN4O2. The molecule has 0 radical (unpaired) electrons. The van der Waals surface area contributed by atoms with Gasteiger partial charge in [0.15, 0.2) is 0 Å². The average Bonchev–Trinajstić information content (AvgIpc) is 3.05. The van der Waals surface area contributed by atoms with Crippen LogP contribution in [0.1, 0.15) is 31.6 Å². The SMILES string of the molecule is C[C@H](C(N)=O)N1CCC[C@@H](c2nc(-c3ccc(Cl)cc3)no2)C1. The van der Waals surface area contributed by atoms with E-state index < -0.39 is 0 Å². The number of rotatable bonds is 4. The van der Waals surface area contributed by atoms with Crippen molar-refractivity contribution < 1.29 is 9.32 Å². The van der Waals surface area contributed by atoms with E-state index in [9.17, 15) is 4.79 Å². The third-order valence-corrected chi connectivity index (χ3v) is 4.56. The second-order valence-corrected chi connectivity index (χ2v) is 6.31. The average molecular weight is 335 g/mol. The van der Waals surface area contributed by atoms with E-state index in [0.717, 1.165) is 24.9 Å². The summed E-state index contributed by atoms with van der Waals surface area (Å²) in [4.78, 5) is 18.0. The number of hydrogen-bond acceptors (Lipinski definition) is 5. The highest BCUT2D eigenvalue weighted by Crippen LogP contribution is 2.28. The fourth-order valence-corrected chi connectivity index (χ4v) is 2.98. The van der Waals surface area contributed by atoms with Crippen molar-refractivity contribution in [3.63, 3.8) is 0 Å². The number of nitrogens with zero attached hydrogens (tertiary/aromatic N) is 3. The number of aromatic nitrogens is 2. The number of piperidine rings is 1. The lowest BCUT2D eigenvalue weighted by molar-refractivity contribution is -0.123. The first-order valence-electron chi connectivity index (χ1n) is 7.67. The highest BCUT2D eigenvalue weighted by atomic mass is 35.5. The molecular weight excluding hydrogens is 316 g/mol. The summed E-state index contributed by atoms with van der Waals surface area (Å²) in [6.07, 6.45) is 1.94. The van der Waals surface area contributed by atoms with Gasteiger partial charge in [0.25, 0.3) is 0 Å². The summed E-state index contributed by atoms with van der Waals surface area (Å²) in [6, 6.07) is 7.03. The zero-order valence-electron chi connectivity index (χ0n) is 12.9. The van der Waals surface area contributed by atoms with Crippen LogP contribution in [0, 0.1) is 0 Å². The Morgan fingerprint density at radius 2 is 2.17 bits per heavy atom. The zero-order chi connectivity index (χ0) is 16.4. The summed E-state index contributed by atoms with van der Waals surface area (Å²) in [5.74, 6) is 0.977. The molecule has 6 nitrogen and oxygen atoms in total. The minimum atomic E-state index is -0.307. The molecule has 122 valence electrons. The van der Waals surface area contributed by atoms with Crippen LogP contribution in [-0.2, 0) is 4.79 Å². The molecule has 2 atom stereocenters. The van der Waals surface area contributed by atoms with E-state index in [-0.39, 0.29) is 17.9 Å². The quantitative estimate of drug-likeness (QED) is 0.928. The van der Waals surface area contributed by atoms with Crippen molar-refractivity contribution in [1.82, 2.24) is 15.0 Å². The highest BCUT2D eigenvalue weighted by Gasteiger charge is 2.30. The Hall–Kier alpha value is -1.92. The summed E-state index contributed by atoms with van der Waals surface area (Å²) in [5, 5.41) is 4.72. The van der Waals surface area contributed by atoms with Gasteiger partial charge in [-0.25, -0.2) is 0 Å².